The van der Waals surface area contributed by atoms with Gasteiger partial charge in [-0.1, -0.05) is 12.7 Å². The van der Waals surface area contributed by atoms with Crippen LogP contribution in [0.1, 0.15) is 19.3 Å². The van der Waals surface area contributed by atoms with Crippen molar-refractivity contribution >= 4 is 11.8 Å². The van der Waals surface area contributed by atoms with Gasteiger partial charge in [-0.05, 0) is 25.3 Å². The van der Waals surface area contributed by atoms with E-state index in [0.29, 0.717) is 0 Å². The summed E-state index contributed by atoms with van der Waals surface area (Å²) in [7, 11) is 0. The summed E-state index contributed by atoms with van der Waals surface area (Å²) in [5, 5.41) is 17.8. The summed E-state index contributed by atoms with van der Waals surface area (Å²) >= 11 is 0. The number of aliphatic hydroxyl groups is 1. The van der Waals surface area contributed by atoms with Crippen molar-refractivity contribution in [1.82, 2.24) is 0 Å². The number of carbonyl (C=O) groups excluding carboxylic acids is 1. The van der Waals surface area contributed by atoms with E-state index in [9.17, 15) is 9.59 Å². The van der Waals surface area contributed by atoms with Gasteiger partial charge in [0.05, 0.1) is 0 Å². The number of aliphatic hydroxyl groups excluding tert-OH is 1. The Balaban J connectivity index is 5.05. The van der Waals surface area contributed by atoms with Crippen LogP contribution in [-0.4, -0.2) is 28.6 Å². The lowest BCUT2D eigenvalue weighted by Gasteiger charge is -2.24. The lowest BCUT2D eigenvalue weighted by Crippen LogP contribution is -2.38. The monoisotopic (exact) mass is 212 g/mol. The van der Waals surface area contributed by atoms with Crippen LogP contribution < -0.4 is 0 Å². The van der Waals surface area contributed by atoms with Crippen molar-refractivity contribution in [2.75, 3.05) is 6.61 Å². The Kier molecular flexibility index (Phi) is 5.56. The van der Waals surface area contributed by atoms with Crippen LogP contribution in [-0.2, 0) is 9.59 Å². The maximum Gasteiger partial charge on any atom is 0.317 e. The predicted molar refractivity (Wildman–Crippen MR) is 56.4 cm³/mol. The molecule has 0 heterocycles. The van der Waals surface area contributed by atoms with Crippen LogP contribution in [0, 0.1) is 5.41 Å². The number of allylic oxidation sites excluding steroid dienone is 2. The third-order valence-electron chi connectivity index (χ3n) is 2.32. The highest BCUT2D eigenvalue weighted by atomic mass is 16.4. The minimum atomic E-state index is -1.51. The first-order chi connectivity index (χ1) is 7.05. The van der Waals surface area contributed by atoms with Crippen molar-refractivity contribution < 1.29 is 19.8 Å². The first-order valence-electron chi connectivity index (χ1n) is 4.67. The Bertz CT molecular complexity index is 270. The second kappa shape index (κ2) is 6.14. The van der Waals surface area contributed by atoms with Crippen molar-refractivity contribution in [2.45, 2.75) is 19.3 Å². The fourth-order valence-electron chi connectivity index (χ4n) is 1.45. The van der Waals surface area contributed by atoms with E-state index >= 15 is 0 Å². The summed E-state index contributed by atoms with van der Waals surface area (Å²) in [6, 6.07) is 0. The Morgan fingerprint density at radius 2 is 1.93 bits per heavy atom. The van der Waals surface area contributed by atoms with Crippen LogP contribution in [0.5, 0.6) is 0 Å². The molecule has 0 radical (unpaired) electrons. The standard InChI is InChI=1S/C11H16O4/c1-3-6-11(10(14)15,7-5-8-12)9(13)4-2/h3-4,12H,1-2,5-8H2,(H,14,15)/t11-/m1/s1. The van der Waals surface area contributed by atoms with Crippen LogP contribution in [0.4, 0.5) is 0 Å². The molecular weight excluding hydrogens is 196 g/mol. The summed E-state index contributed by atoms with van der Waals surface area (Å²) in [6.07, 6.45) is 2.81. The molecule has 0 amide bonds. The van der Waals surface area contributed by atoms with Crippen LogP contribution in [0.25, 0.3) is 0 Å². The molecule has 15 heavy (non-hydrogen) atoms. The highest BCUT2D eigenvalue weighted by molar-refractivity contribution is 6.08. The second-order valence-electron chi connectivity index (χ2n) is 3.28. The Labute approximate surface area is 88.9 Å². The number of carboxylic acids is 1. The SMILES string of the molecule is C=CC[C@](CCCO)(C(=O)O)C(=O)C=C. The molecule has 0 spiro atoms. The molecule has 0 aliphatic rings. The topological polar surface area (TPSA) is 74.6 Å². The second-order valence-corrected chi connectivity index (χ2v) is 3.28. The first kappa shape index (κ1) is 13.6. The van der Waals surface area contributed by atoms with Gasteiger partial charge in [-0.3, -0.25) is 9.59 Å². The number of ketones is 1. The fourth-order valence-corrected chi connectivity index (χ4v) is 1.45. The number of carboxylic acid groups (broad SMARTS) is 1. The van der Waals surface area contributed by atoms with Gasteiger partial charge in [0, 0.05) is 6.61 Å². The van der Waals surface area contributed by atoms with Gasteiger partial charge >= 0.3 is 5.97 Å². The van der Waals surface area contributed by atoms with E-state index in [1.54, 1.807) is 0 Å². The van der Waals surface area contributed by atoms with E-state index < -0.39 is 17.2 Å². The van der Waals surface area contributed by atoms with Gasteiger partial charge in [0.15, 0.2) is 5.78 Å². The summed E-state index contributed by atoms with van der Waals surface area (Å²) in [5.41, 5.74) is -1.51. The first-order valence-corrected chi connectivity index (χ1v) is 4.67. The largest absolute Gasteiger partial charge is 0.480 e. The van der Waals surface area contributed by atoms with Crippen molar-refractivity contribution in [1.29, 1.82) is 0 Å². The average molecular weight is 212 g/mol. The molecule has 0 bridgehead atoms. The smallest absolute Gasteiger partial charge is 0.317 e. The van der Waals surface area contributed by atoms with Crippen molar-refractivity contribution in [3.05, 3.63) is 25.3 Å². The molecular formula is C11H16O4. The lowest BCUT2D eigenvalue weighted by molar-refractivity contribution is -0.153. The highest BCUT2D eigenvalue weighted by Crippen LogP contribution is 2.30. The number of hydrogen-bond acceptors (Lipinski definition) is 3. The molecule has 0 unspecified atom stereocenters. The van der Waals surface area contributed by atoms with Gasteiger partial charge in [-0.2, -0.15) is 0 Å². The van der Waals surface area contributed by atoms with Gasteiger partial charge in [0.2, 0.25) is 0 Å². The summed E-state index contributed by atoms with van der Waals surface area (Å²) in [6.45, 7) is 6.59. The van der Waals surface area contributed by atoms with Gasteiger partial charge in [-0.15, -0.1) is 6.58 Å². The number of rotatable bonds is 8. The van der Waals surface area contributed by atoms with E-state index in [1.165, 1.54) is 6.08 Å². The summed E-state index contributed by atoms with van der Waals surface area (Å²) in [4.78, 5) is 22.7. The zero-order chi connectivity index (χ0) is 11.9. The quantitative estimate of drug-likeness (QED) is 0.359. The number of aliphatic carboxylic acids is 1. The molecule has 1 atom stereocenters. The minimum absolute atomic E-state index is 0.0488. The summed E-state index contributed by atoms with van der Waals surface area (Å²) < 4.78 is 0. The molecule has 0 saturated carbocycles. The molecule has 4 nitrogen and oxygen atoms in total. The van der Waals surface area contributed by atoms with Crippen molar-refractivity contribution in [3.8, 4) is 0 Å². The molecule has 0 aliphatic carbocycles. The Hall–Kier alpha value is -1.42. The Morgan fingerprint density at radius 1 is 1.33 bits per heavy atom. The predicted octanol–water partition coefficient (Wildman–Crippen LogP) is 1.16. The third kappa shape index (κ3) is 3.02. The number of hydrogen-bond donors (Lipinski definition) is 2. The van der Waals surface area contributed by atoms with Gasteiger partial charge in [-0.25, -0.2) is 0 Å². The van der Waals surface area contributed by atoms with Gasteiger partial charge in [0.25, 0.3) is 0 Å². The zero-order valence-electron chi connectivity index (χ0n) is 8.61. The van der Waals surface area contributed by atoms with Crippen molar-refractivity contribution in [3.63, 3.8) is 0 Å². The van der Waals surface area contributed by atoms with Crippen LogP contribution >= 0.6 is 0 Å². The molecule has 4 heteroatoms. The maximum absolute atomic E-state index is 11.5. The molecule has 0 saturated heterocycles. The molecule has 2 N–H and O–H groups in total. The average Bonchev–Trinajstić information content (AvgIpc) is 2.22. The highest BCUT2D eigenvalue weighted by Gasteiger charge is 2.42. The minimum Gasteiger partial charge on any atom is -0.480 e. The third-order valence-corrected chi connectivity index (χ3v) is 2.32. The fraction of sp³-hybridized carbons (Fsp3) is 0.455. The molecule has 0 aromatic rings. The molecule has 0 aromatic heterocycles. The lowest BCUT2D eigenvalue weighted by atomic mass is 9.76. The van der Waals surface area contributed by atoms with Gasteiger partial charge in [0.1, 0.15) is 5.41 Å². The molecule has 84 valence electrons. The molecule has 0 aromatic carbocycles. The maximum atomic E-state index is 11.5. The molecule has 0 fully saturated rings. The van der Waals surface area contributed by atoms with E-state index in [2.05, 4.69) is 13.2 Å². The molecule has 0 rings (SSSR count). The van der Waals surface area contributed by atoms with Crippen LogP contribution in [0.3, 0.4) is 0 Å². The van der Waals surface area contributed by atoms with Crippen molar-refractivity contribution in [2.24, 2.45) is 5.41 Å². The normalized spacial score (nSPS) is 13.9. The van der Waals surface area contributed by atoms with Crippen LogP contribution in [0.2, 0.25) is 0 Å². The summed E-state index contributed by atoms with van der Waals surface area (Å²) in [5.74, 6) is -1.73. The van der Waals surface area contributed by atoms with E-state index in [0.717, 1.165) is 6.08 Å². The van der Waals surface area contributed by atoms with Crippen LogP contribution in [0.15, 0.2) is 25.3 Å². The van der Waals surface area contributed by atoms with E-state index in [-0.39, 0.29) is 25.9 Å². The zero-order valence-corrected chi connectivity index (χ0v) is 8.61. The van der Waals surface area contributed by atoms with Gasteiger partial charge < -0.3 is 10.2 Å². The Morgan fingerprint density at radius 3 is 2.27 bits per heavy atom. The van der Waals surface area contributed by atoms with E-state index in [4.69, 9.17) is 10.2 Å². The van der Waals surface area contributed by atoms with E-state index in [1.807, 2.05) is 0 Å². The molecule has 0 aliphatic heterocycles. The number of carbonyl (C=O) groups is 2.